The normalized spacial score (nSPS) is 31.7. The zero-order valence-corrected chi connectivity index (χ0v) is 17.6. The first-order chi connectivity index (χ1) is 13.0. The quantitative estimate of drug-likeness (QED) is 0.653. The Bertz CT molecular complexity index is 940. The third-order valence-corrected chi connectivity index (χ3v) is 7.98. The Hall–Kier alpha value is -1.37. The van der Waals surface area contributed by atoms with E-state index >= 15 is 0 Å². The average Bonchev–Trinajstić information content (AvgIpc) is 3.38. The van der Waals surface area contributed by atoms with E-state index in [1.165, 1.54) is 0 Å². The number of ether oxygens (including phenoxy) is 1. The molecular weight excluding hydrogens is 426 g/mol. The zero-order chi connectivity index (χ0) is 18.9. The SMILES string of the molecule is CCc1sc(-c2ccc(Br)cc2C)nc1C1C(=O)[C@@H]2C3CCC(O3)[C@@H]2C1=O. The van der Waals surface area contributed by atoms with Gasteiger partial charge in [0.2, 0.25) is 0 Å². The van der Waals surface area contributed by atoms with Crippen molar-refractivity contribution in [3.8, 4) is 10.6 Å². The maximum Gasteiger partial charge on any atom is 0.155 e. The number of benzene rings is 1. The minimum Gasteiger partial charge on any atom is -0.373 e. The molecule has 4 nitrogen and oxygen atoms in total. The molecule has 0 spiro atoms. The molecule has 2 bridgehead atoms. The van der Waals surface area contributed by atoms with Crippen molar-refractivity contribution in [3.05, 3.63) is 38.8 Å². The van der Waals surface area contributed by atoms with Crippen LogP contribution in [0.5, 0.6) is 0 Å². The molecule has 5 rings (SSSR count). The number of carbonyl (C=O) groups is 2. The average molecular weight is 446 g/mol. The summed E-state index contributed by atoms with van der Waals surface area (Å²) in [5.74, 6) is -1.11. The highest BCUT2D eigenvalue weighted by molar-refractivity contribution is 9.10. The Morgan fingerprint density at radius 3 is 2.44 bits per heavy atom. The highest BCUT2D eigenvalue weighted by Crippen LogP contribution is 2.53. The number of aryl methyl sites for hydroxylation is 2. The van der Waals surface area contributed by atoms with Gasteiger partial charge in [0, 0.05) is 14.9 Å². The van der Waals surface area contributed by atoms with Crippen molar-refractivity contribution >= 4 is 38.8 Å². The number of halogens is 1. The predicted molar refractivity (Wildman–Crippen MR) is 107 cm³/mol. The van der Waals surface area contributed by atoms with E-state index in [4.69, 9.17) is 9.72 Å². The number of hydrogen-bond acceptors (Lipinski definition) is 5. The number of aromatic nitrogens is 1. The molecule has 1 aromatic carbocycles. The summed E-state index contributed by atoms with van der Waals surface area (Å²) < 4.78 is 6.89. The molecular formula is C21H20BrNO3S. The molecule has 3 aliphatic rings. The van der Waals surface area contributed by atoms with Gasteiger partial charge in [0.05, 0.1) is 29.7 Å². The Labute approximate surface area is 170 Å². The van der Waals surface area contributed by atoms with Crippen LogP contribution in [0.25, 0.3) is 10.6 Å². The molecule has 1 aromatic heterocycles. The lowest BCUT2D eigenvalue weighted by Crippen LogP contribution is -2.29. The van der Waals surface area contributed by atoms with E-state index in [0.717, 1.165) is 44.7 Å². The highest BCUT2D eigenvalue weighted by atomic mass is 79.9. The van der Waals surface area contributed by atoms with E-state index < -0.39 is 5.92 Å². The molecule has 3 fully saturated rings. The van der Waals surface area contributed by atoms with Crippen molar-refractivity contribution in [1.82, 2.24) is 4.98 Å². The Morgan fingerprint density at radius 2 is 1.85 bits per heavy atom. The van der Waals surface area contributed by atoms with Crippen LogP contribution < -0.4 is 0 Å². The van der Waals surface area contributed by atoms with E-state index in [1.807, 2.05) is 12.1 Å². The number of hydrogen-bond donors (Lipinski definition) is 0. The van der Waals surface area contributed by atoms with Crippen molar-refractivity contribution < 1.29 is 14.3 Å². The fourth-order valence-corrected chi connectivity index (χ4v) is 6.62. The van der Waals surface area contributed by atoms with Crippen LogP contribution in [0.4, 0.5) is 0 Å². The summed E-state index contributed by atoms with van der Waals surface area (Å²) in [6, 6.07) is 6.11. The zero-order valence-electron chi connectivity index (χ0n) is 15.2. The van der Waals surface area contributed by atoms with Crippen LogP contribution in [-0.2, 0) is 20.7 Å². The summed E-state index contributed by atoms with van der Waals surface area (Å²) in [5, 5.41) is 0.892. The lowest BCUT2D eigenvalue weighted by molar-refractivity contribution is -0.127. The third kappa shape index (κ3) is 2.53. The predicted octanol–water partition coefficient (Wildman–Crippen LogP) is 4.47. The van der Waals surface area contributed by atoms with Crippen LogP contribution in [0, 0.1) is 18.8 Å². The molecule has 0 N–H and O–H groups in total. The molecule has 2 aromatic rings. The molecule has 3 unspecified atom stereocenters. The first kappa shape index (κ1) is 17.7. The Balaban J connectivity index is 1.57. The van der Waals surface area contributed by atoms with Gasteiger partial charge in [-0.25, -0.2) is 4.98 Å². The number of ketones is 2. The number of nitrogens with zero attached hydrogens (tertiary/aromatic N) is 1. The largest absolute Gasteiger partial charge is 0.373 e. The van der Waals surface area contributed by atoms with Gasteiger partial charge < -0.3 is 4.74 Å². The second-order valence-corrected chi connectivity index (χ2v) is 9.72. The topological polar surface area (TPSA) is 56.3 Å². The van der Waals surface area contributed by atoms with E-state index in [-0.39, 0.29) is 35.6 Å². The standard InChI is InChI=1S/C21H20BrNO3S/c1-3-14-18(23-21(27-14)11-5-4-10(22)8-9(11)2)17-19(24)15-12-6-7-13(26-12)16(15)20(17)25/h4-5,8,12-13,15-17H,3,6-7H2,1-2H3/t12?,13?,15-,16+,17?. The second-order valence-electron chi connectivity index (χ2n) is 7.72. The van der Waals surface area contributed by atoms with Gasteiger partial charge in [-0.3, -0.25) is 9.59 Å². The summed E-state index contributed by atoms with van der Waals surface area (Å²) in [4.78, 5) is 32.2. The summed E-state index contributed by atoms with van der Waals surface area (Å²) >= 11 is 5.10. The summed E-state index contributed by atoms with van der Waals surface area (Å²) in [6.45, 7) is 4.12. The summed E-state index contributed by atoms with van der Waals surface area (Å²) in [5.41, 5.74) is 2.88. The van der Waals surface area contributed by atoms with Crippen LogP contribution >= 0.6 is 27.3 Å². The van der Waals surface area contributed by atoms with Gasteiger partial charge in [0.25, 0.3) is 0 Å². The molecule has 0 radical (unpaired) electrons. The molecule has 5 atom stereocenters. The minimum atomic E-state index is -0.692. The van der Waals surface area contributed by atoms with E-state index in [1.54, 1.807) is 11.3 Å². The monoisotopic (exact) mass is 445 g/mol. The minimum absolute atomic E-state index is 0.0382. The van der Waals surface area contributed by atoms with E-state index in [9.17, 15) is 9.59 Å². The van der Waals surface area contributed by atoms with Crippen LogP contribution in [0.3, 0.4) is 0 Å². The van der Waals surface area contributed by atoms with E-state index in [0.29, 0.717) is 5.69 Å². The number of fused-ring (bicyclic) bond motifs is 5. The summed E-state index contributed by atoms with van der Waals surface area (Å²) in [6.07, 6.45) is 2.46. The van der Waals surface area contributed by atoms with Gasteiger partial charge in [-0.1, -0.05) is 28.9 Å². The van der Waals surface area contributed by atoms with Crippen molar-refractivity contribution in [2.75, 3.05) is 0 Å². The van der Waals surface area contributed by atoms with Crippen molar-refractivity contribution in [2.24, 2.45) is 11.8 Å². The van der Waals surface area contributed by atoms with Crippen LogP contribution in [0.2, 0.25) is 0 Å². The molecule has 0 amide bonds. The lowest BCUT2D eigenvalue weighted by atomic mass is 9.81. The fraction of sp³-hybridized carbons (Fsp3) is 0.476. The first-order valence-electron chi connectivity index (χ1n) is 9.48. The van der Waals surface area contributed by atoms with Gasteiger partial charge in [-0.15, -0.1) is 11.3 Å². The van der Waals surface area contributed by atoms with Crippen molar-refractivity contribution in [1.29, 1.82) is 0 Å². The van der Waals surface area contributed by atoms with Crippen molar-refractivity contribution in [3.63, 3.8) is 0 Å². The molecule has 27 heavy (non-hydrogen) atoms. The van der Waals surface area contributed by atoms with E-state index in [2.05, 4.69) is 35.8 Å². The summed E-state index contributed by atoms with van der Waals surface area (Å²) in [7, 11) is 0. The van der Waals surface area contributed by atoms with Gasteiger partial charge in [0.1, 0.15) is 10.9 Å². The smallest absolute Gasteiger partial charge is 0.155 e. The van der Waals surface area contributed by atoms with Gasteiger partial charge >= 0.3 is 0 Å². The lowest BCUT2D eigenvalue weighted by Gasteiger charge is -2.16. The Kier molecular flexibility index (Phi) is 4.15. The van der Waals surface area contributed by atoms with Gasteiger partial charge in [0.15, 0.2) is 11.6 Å². The van der Waals surface area contributed by atoms with Crippen molar-refractivity contribution in [2.45, 2.75) is 51.2 Å². The maximum atomic E-state index is 13.2. The molecule has 1 aliphatic carbocycles. The Morgan fingerprint density at radius 1 is 1.19 bits per heavy atom. The number of carbonyl (C=O) groups excluding carboxylic acids is 2. The molecule has 6 heteroatoms. The maximum absolute atomic E-state index is 13.2. The third-order valence-electron chi connectivity index (χ3n) is 6.24. The van der Waals surface area contributed by atoms with Gasteiger partial charge in [-0.2, -0.15) is 0 Å². The fourth-order valence-electron chi connectivity index (χ4n) is 5.02. The number of Topliss-reactive ketones (excluding diaryl/α,β-unsaturated/α-hetero) is 2. The molecule has 140 valence electrons. The van der Waals surface area contributed by atoms with Crippen LogP contribution in [-0.4, -0.2) is 28.8 Å². The van der Waals surface area contributed by atoms with Gasteiger partial charge in [-0.05, 0) is 43.9 Å². The molecule has 1 saturated carbocycles. The first-order valence-corrected chi connectivity index (χ1v) is 11.1. The number of thiazole rings is 1. The highest BCUT2D eigenvalue weighted by Gasteiger charge is 2.63. The molecule has 2 saturated heterocycles. The van der Waals surface area contributed by atoms with Crippen LogP contribution in [0.1, 0.15) is 41.8 Å². The molecule has 3 heterocycles. The van der Waals surface area contributed by atoms with Crippen LogP contribution in [0.15, 0.2) is 22.7 Å². The second kappa shape index (κ2) is 6.33. The number of rotatable bonds is 3. The molecule has 2 aliphatic heterocycles.